The van der Waals surface area contributed by atoms with Crippen molar-refractivity contribution in [1.29, 1.82) is 0 Å². The van der Waals surface area contributed by atoms with E-state index in [1.54, 1.807) is 12.1 Å². The zero-order valence-corrected chi connectivity index (χ0v) is 11.9. The first kappa shape index (κ1) is 13.8. The van der Waals surface area contributed by atoms with Gasteiger partial charge in [-0.05, 0) is 51.2 Å². The first-order chi connectivity index (χ1) is 9.04. The number of nitro groups is 1. The Hall–Kier alpha value is -1.58. The summed E-state index contributed by atoms with van der Waals surface area (Å²) in [5, 5.41) is 10.9. The van der Waals surface area contributed by atoms with Gasteiger partial charge in [-0.25, -0.2) is 0 Å². The number of rotatable bonds is 3. The molecule has 1 aromatic rings. The number of non-ortho nitro benzene ring substituents is 1. The topological polar surface area (TPSA) is 46.4 Å². The molecule has 2 atom stereocenters. The Morgan fingerprint density at radius 2 is 1.95 bits per heavy atom. The van der Waals surface area contributed by atoms with Crippen LogP contribution in [-0.2, 0) is 6.42 Å². The Morgan fingerprint density at radius 1 is 1.32 bits per heavy atom. The number of benzene rings is 1. The van der Waals surface area contributed by atoms with Crippen molar-refractivity contribution >= 4 is 11.4 Å². The minimum absolute atomic E-state index is 0.193. The van der Waals surface area contributed by atoms with Crippen molar-refractivity contribution < 1.29 is 4.92 Å². The van der Waals surface area contributed by atoms with Gasteiger partial charge in [0.05, 0.1) is 4.92 Å². The molecule has 0 aromatic heterocycles. The maximum atomic E-state index is 10.9. The van der Waals surface area contributed by atoms with Gasteiger partial charge in [-0.1, -0.05) is 6.92 Å². The molecule has 0 unspecified atom stereocenters. The molecule has 2 rings (SSSR count). The van der Waals surface area contributed by atoms with Gasteiger partial charge in [-0.15, -0.1) is 0 Å². The van der Waals surface area contributed by atoms with E-state index in [4.69, 9.17) is 0 Å². The van der Waals surface area contributed by atoms with Crippen LogP contribution in [-0.4, -0.2) is 17.0 Å². The van der Waals surface area contributed by atoms with Crippen LogP contribution in [0.15, 0.2) is 18.2 Å². The third kappa shape index (κ3) is 2.72. The molecule has 1 heterocycles. The Labute approximate surface area is 114 Å². The van der Waals surface area contributed by atoms with Gasteiger partial charge in [0.25, 0.3) is 5.69 Å². The van der Waals surface area contributed by atoms with Crippen molar-refractivity contribution in [2.45, 2.75) is 58.5 Å². The molecule has 1 fully saturated rings. The lowest BCUT2D eigenvalue weighted by atomic mass is 9.95. The van der Waals surface area contributed by atoms with Crippen LogP contribution in [0.2, 0.25) is 0 Å². The first-order valence-corrected chi connectivity index (χ1v) is 7.10. The highest BCUT2D eigenvalue weighted by molar-refractivity contribution is 5.59. The largest absolute Gasteiger partial charge is 0.366 e. The van der Waals surface area contributed by atoms with E-state index >= 15 is 0 Å². The zero-order chi connectivity index (χ0) is 14.0. The summed E-state index contributed by atoms with van der Waals surface area (Å²) in [6.07, 6.45) is 4.50. The van der Waals surface area contributed by atoms with E-state index in [0.717, 1.165) is 12.0 Å². The van der Waals surface area contributed by atoms with Gasteiger partial charge in [0.1, 0.15) is 0 Å². The molecule has 0 N–H and O–H groups in total. The van der Waals surface area contributed by atoms with Crippen LogP contribution in [0.4, 0.5) is 11.4 Å². The molecule has 1 aliphatic rings. The molecule has 0 aliphatic carbocycles. The zero-order valence-electron chi connectivity index (χ0n) is 11.9. The van der Waals surface area contributed by atoms with Crippen molar-refractivity contribution in [1.82, 2.24) is 0 Å². The van der Waals surface area contributed by atoms with Crippen LogP contribution in [0.25, 0.3) is 0 Å². The first-order valence-electron chi connectivity index (χ1n) is 7.10. The number of anilines is 1. The molecule has 1 aromatic carbocycles. The van der Waals surface area contributed by atoms with Crippen LogP contribution in [0.5, 0.6) is 0 Å². The fourth-order valence-electron chi connectivity index (χ4n) is 3.12. The van der Waals surface area contributed by atoms with Gasteiger partial charge < -0.3 is 4.90 Å². The molecule has 0 saturated carbocycles. The van der Waals surface area contributed by atoms with Gasteiger partial charge >= 0.3 is 0 Å². The van der Waals surface area contributed by atoms with Crippen molar-refractivity contribution in [3.63, 3.8) is 0 Å². The van der Waals surface area contributed by atoms with Crippen LogP contribution >= 0.6 is 0 Å². The second-order valence-corrected chi connectivity index (χ2v) is 5.46. The minimum atomic E-state index is -0.313. The monoisotopic (exact) mass is 262 g/mol. The maximum Gasteiger partial charge on any atom is 0.269 e. The summed E-state index contributed by atoms with van der Waals surface area (Å²) in [7, 11) is 0. The van der Waals surface area contributed by atoms with Crippen LogP contribution in [0.1, 0.15) is 45.6 Å². The van der Waals surface area contributed by atoms with E-state index in [1.807, 2.05) is 6.07 Å². The highest BCUT2D eigenvalue weighted by atomic mass is 16.6. The van der Waals surface area contributed by atoms with Crippen LogP contribution in [0, 0.1) is 10.1 Å². The molecule has 1 aliphatic heterocycles. The van der Waals surface area contributed by atoms with E-state index in [9.17, 15) is 10.1 Å². The summed E-state index contributed by atoms with van der Waals surface area (Å²) in [6, 6.07) is 6.30. The Morgan fingerprint density at radius 3 is 2.47 bits per heavy atom. The Kier molecular flexibility index (Phi) is 4.08. The molecule has 104 valence electrons. The lowest BCUT2D eigenvalue weighted by Crippen LogP contribution is -2.44. The molecule has 4 nitrogen and oxygen atoms in total. The van der Waals surface area contributed by atoms with Crippen molar-refractivity contribution in [3.8, 4) is 0 Å². The lowest BCUT2D eigenvalue weighted by molar-refractivity contribution is -0.384. The molecule has 0 radical (unpaired) electrons. The summed E-state index contributed by atoms with van der Waals surface area (Å²) < 4.78 is 0. The molecular formula is C15H22N2O2. The number of aryl methyl sites for hydroxylation is 1. The predicted octanol–water partition coefficient (Wildman–Crippen LogP) is 3.92. The molecule has 1 saturated heterocycles. The maximum absolute atomic E-state index is 10.9. The predicted molar refractivity (Wildman–Crippen MR) is 77.7 cm³/mol. The average Bonchev–Trinajstić information content (AvgIpc) is 2.38. The quantitative estimate of drug-likeness (QED) is 0.612. The molecule has 19 heavy (non-hydrogen) atoms. The highest BCUT2D eigenvalue weighted by Gasteiger charge is 2.26. The van der Waals surface area contributed by atoms with Crippen LogP contribution in [0.3, 0.4) is 0 Å². The molecular weight excluding hydrogens is 240 g/mol. The van der Waals surface area contributed by atoms with Gasteiger partial charge in [-0.2, -0.15) is 0 Å². The number of nitrogens with zero attached hydrogens (tertiary/aromatic N) is 2. The van der Waals surface area contributed by atoms with Gasteiger partial charge in [-0.3, -0.25) is 10.1 Å². The molecule has 0 spiro atoms. The summed E-state index contributed by atoms with van der Waals surface area (Å²) in [5.41, 5.74) is 2.44. The number of nitro benzene ring substituents is 1. The van der Waals surface area contributed by atoms with Gasteiger partial charge in [0.15, 0.2) is 0 Å². The molecule has 4 heteroatoms. The third-order valence-electron chi connectivity index (χ3n) is 4.13. The smallest absolute Gasteiger partial charge is 0.269 e. The second-order valence-electron chi connectivity index (χ2n) is 5.46. The fourth-order valence-corrected chi connectivity index (χ4v) is 3.12. The van der Waals surface area contributed by atoms with Crippen molar-refractivity contribution in [2.75, 3.05) is 4.90 Å². The number of piperidine rings is 1. The molecule has 0 amide bonds. The van der Waals surface area contributed by atoms with Gasteiger partial charge in [0.2, 0.25) is 0 Å². The van der Waals surface area contributed by atoms with Crippen molar-refractivity contribution in [3.05, 3.63) is 33.9 Å². The summed E-state index contributed by atoms with van der Waals surface area (Å²) >= 11 is 0. The van der Waals surface area contributed by atoms with Crippen LogP contribution < -0.4 is 4.90 Å². The normalized spacial score (nSPS) is 23.4. The second kappa shape index (κ2) is 5.59. The Balaban J connectivity index is 2.40. The van der Waals surface area contributed by atoms with Gasteiger partial charge in [0, 0.05) is 29.9 Å². The molecule has 0 bridgehead atoms. The SMILES string of the molecule is CCc1cc([N+](=O)[O-])ccc1N1[C@@H](C)CCC[C@@H]1C. The van der Waals surface area contributed by atoms with E-state index in [0.29, 0.717) is 12.1 Å². The van der Waals surface area contributed by atoms with E-state index in [2.05, 4.69) is 25.7 Å². The third-order valence-corrected chi connectivity index (χ3v) is 4.13. The average molecular weight is 262 g/mol. The Bertz CT molecular complexity index is 463. The summed E-state index contributed by atoms with van der Waals surface area (Å²) in [4.78, 5) is 13.0. The highest BCUT2D eigenvalue weighted by Crippen LogP contribution is 2.33. The standard InChI is InChI=1S/C15H22N2O2/c1-4-13-10-14(17(18)19)8-9-15(13)16-11(2)6-5-7-12(16)3/h8-12H,4-7H2,1-3H3/t11-,12-/m0/s1. The summed E-state index contributed by atoms with van der Waals surface area (Å²) in [5.74, 6) is 0. The van der Waals surface area contributed by atoms with Crippen molar-refractivity contribution in [2.24, 2.45) is 0 Å². The van der Waals surface area contributed by atoms with E-state index in [1.165, 1.54) is 24.9 Å². The lowest BCUT2D eigenvalue weighted by Gasteiger charge is -2.42. The number of hydrogen-bond acceptors (Lipinski definition) is 3. The summed E-state index contributed by atoms with van der Waals surface area (Å²) in [6.45, 7) is 6.55. The fraction of sp³-hybridized carbons (Fsp3) is 0.600. The minimum Gasteiger partial charge on any atom is -0.366 e. The van der Waals surface area contributed by atoms with E-state index < -0.39 is 0 Å². The van der Waals surface area contributed by atoms with E-state index in [-0.39, 0.29) is 10.6 Å². The number of hydrogen-bond donors (Lipinski definition) is 0.